The summed E-state index contributed by atoms with van der Waals surface area (Å²) in [6.45, 7) is 3.38. The van der Waals surface area contributed by atoms with E-state index < -0.39 is 11.5 Å². The maximum absolute atomic E-state index is 9.82. The standard InChI is InChI=1S/C9H10ClNOS/c1-9(2,5-11)8(12)7-6(10)3-4-13-7/h3-4,8,12H,1-2H3. The summed E-state index contributed by atoms with van der Waals surface area (Å²) in [7, 11) is 0. The molecule has 0 saturated heterocycles. The minimum atomic E-state index is -0.815. The largest absolute Gasteiger partial charge is 0.386 e. The topological polar surface area (TPSA) is 44.0 Å². The van der Waals surface area contributed by atoms with E-state index in [1.54, 1.807) is 25.3 Å². The summed E-state index contributed by atoms with van der Waals surface area (Å²) in [5.74, 6) is 0. The van der Waals surface area contributed by atoms with Crippen LogP contribution >= 0.6 is 22.9 Å². The van der Waals surface area contributed by atoms with Gasteiger partial charge in [0.05, 0.1) is 21.4 Å². The van der Waals surface area contributed by atoms with Gasteiger partial charge in [-0.3, -0.25) is 0 Å². The van der Waals surface area contributed by atoms with E-state index in [1.165, 1.54) is 11.3 Å². The van der Waals surface area contributed by atoms with E-state index in [0.29, 0.717) is 9.90 Å². The van der Waals surface area contributed by atoms with Gasteiger partial charge < -0.3 is 5.11 Å². The highest BCUT2D eigenvalue weighted by Gasteiger charge is 2.31. The molecule has 13 heavy (non-hydrogen) atoms. The van der Waals surface area contributed by atoms with Crippen LogP contribution in [0.1, 0.15) is 24.8 Å². The number of nitriles is 1. The minimum absolute atomic E-state index is 0.529. The highest BCUT2D eigenvalue weighted by Crippen LogP contribution is 2.38. The SMILES string of the molecule is CC(C)(C#N)C(O)c1sccc1Cl. The Kier molecular flexibility index (Phi) is 2.97. The summed E-state index contributed by atoms with van der Waals surface area (Å²) in [6, 6.07) is 3.78. The molecular weight excluding hydrogens is 206 g/mol. The predicted octanol–water partition coefficient (Wildman–Crippen LogP) is 2.98. The van der Waals surface area contributed by atoms with Crippen LogP contribution in [0.5, 0.6) is 0 Å². The Morgan fingerprint density at radius 3 is 2.69 bits per heavy atom. The molecule has 1 unspecified atom stereocenters. The van der Waals surface area contributed by atoms with Gasteiger partial charge in [0, 0.05) is 0 Å². The number of thiophene rings is 1. The second-order valence-electron chi connectivity index (χ2n) is 3.37. The van der Waals surface area contributed by atoms with Crippen LogP contribution in [0.25, 0.3) is 0 Å². The van der Waals surface area contributed by atoms with Gasteiger partial charge in [-0.25, -0.2) is 0 Å². The van der Waals surface area contributed by atoms with Crippen LogP contribution in [0, 0.1) is 16.7 Å². The zero-order valence-corrected chi connectivity index (χ0v) is 8.99. The highest BCUT2D eigenvalue weighted by molar-refractivity contribution is 7.10. The number of nitrogens with zero attached hydrogens (tertiary/aromatic N) is 1. The predicted molar refractivity (Wildman–Crippen MR) is 53.7 cm³/mol. The lowest BCUT2D eigenvalue weighted by Gasteiger charge is -2.21. The van der Waals surface area contributed by atoms with E-state index in [4.69, 9.17) is 16.9 Å². The zero-order chi connectivity index (χ0) is 10.1. The lowest BCUT2D eigenvalue weighted by molar-refractivity contribution is 0.0902. The smallest absolute Gasteiger partial charge is 0.108 e. The summed E-state index contributed by atoms with van der Waals surface area (Å²) in [4.78, 5) is 0.660. The quantitative estimate of drug-likeness (QED) is 0.825. The van der Waals surface area contributed by atoms with Crippen molar-refractivity contribution in [1.29, 1.82) is 5.26 Å². The summed E-state index contributed by atoms with van der Waals surface area (Å²) < 4.78 is 0. The average Bonchev–Trinajstić information content (AvgIpc) is 2.50. The van der Waals surface area contributed by atoms with Gasteiger partial charge in [-0.1, -0.05) is 11.6 Å². The molecule has 0 bridgehead atoms. The molecule has 2 nitrogen and oxygen atoms in total. The van der Waals surface area contributed by atoms with Gasteiger partial charge in [0.25, 0.3) is 0 Å². The van der Waals surface area contributed by atoms with E-state index in [-0.39, 0.29) is 0 Å². The Morgan fingerprint density at radius 2 is 2.31 bits per heavy atom. The lowest BCUT2D eigenvalue weighted by Crippen LogP contribution is -2.19. The summed E-state index contributed by atoms with van der Waals surface area (Å²) in [6.07, 6.45) is -0.815. The molecule has 0 fully saturated rings. The van der Waals surface area contributed by atoms with E-state index in [2.05, 4.69) is 6.07 Å². The first-order valence-electron chi connectivity index (χ1n) is 3.81. The molecule has 0 amide bonds. The van der Waals surface area contributed by atoms with Crippen LogP contribution in [0.2, 0.25) is 5.02 Å². The number of hydrogen-bond donors (Lipinski definition) is 1. The Balaban J connectivity index is 3.00. The van der Waals surface area contributed by atoms with Gasteiger partial charge in [0.2, 0.25) is 0 Å². The Bertz CT molecular complexity index is 340. The fraction of sp³-hybridized carbons (Fsp3) is 0.444. The van der Waals surface area contributed by atoms with Crippen molar-refractivity contribution in [3.8, 4) is 6.07 Å². The fourth-order valence-electron chi connectivity index (χ4n) is 0.889. The van der Waals surface area contributed by atoms with Gasteiger partial charge in [0.1, 0.15) is 6.10 Å². The van der Waals surface area contributed by atoms with Gasteiger partial charge in [0.15, 0.2) is 0 Å². The second-order valence-corrected chi connectivity index (χ2v) is 4.72. The van der Waals surface area contributed by atoms with Crippen molar-refractivity contribution in [2.75, 3.05) is 0 Å². The van der Waals surface area contributed by atoms with Crippen LogP contribution in [0.4, 0.5) is 0 Å². The monoisotopic (exact) mass is 215 g/mol. The van der Waals surface area contributed by atoms with Crippen LogP contribution in [0.15, 0.2) is 11.4 Å². The maximum atomic E-state index is 9.82. The third-order valence-electron chi connectivity index (χ3n) is 1.86. The number of hydrogen-bond acceptors (Lipinski definition) is 3. The van der Waals surface area contributed by atoms with Crippen LogP contribution in [0.3, 0.4) is 0 Å². The van der Waals surface area contributed by atoms with E-state index >= 15 is 0 Å². The Labute approximate surface area is 86.4 Å². The average molecular weight is 216 g/mol. The maximum Gasteiger partial charge on any atom is 0.108 e. The van der Waals surface area contributed by atoms with Crippen molar-refractivity contribution < 1.29 is 5.11 Å². The van der Waals surface area contributed by atoms with Crippen molar-refractivity contribution in [3.05, 3.63) is 21.3 Å². The number of aliphatic hydroxyl groups excluding tert-OH is 1. The van der Waals surface area contributed by atoms with Crippen molar-refractivity contribution in [3.63, 3.8) is 0 Å². The molecule has 0 saturated carbocycles. The zero-order valence-electron chi connectivity index (χ0n) is 7.41. The van der Waals surface area contributed by atoms with E-state index in [9.17, 15) is 5.11 Å². The molecule has 0 aliphatic carbocycles. The van der Waals surface area contributed by atoms with Gasteiger partial charge in [-0.2, -0.15) is 5.26 Å². The Hall–Kier alpha value is -0.560. The first kappa shape index (κ1) is 10.5. The molecule has 0 radical (unpaired) electrons. The molecule has 0 spiro atoms. The third-order valence-corrected chi connectivity index (χ3v) is 3.28. The first-order valence-corrected chi connectivity index (χ1v) is 5.07. The molecule has 1 heterocycles. The lowest BCUT2D eigenvalue weighted by atomic mass is 9.87. The molecule has 1 aromatic heterocycles. The molecule has 0 aromatic carbocycles. The van der Waals surface area contributed by atoms with Crippen LogP contribution < -0.4 is 0 Å². The fourth-order valence-corrected chi connectivity index (χ4v) is 2.22. The molecule has 1 atom stereocenters. The molecule has 0 aliphatic heterocycles. The normalized spacial score (nSPS) is 13.8. The van der Waals surface area contributed by atoms with Crippen molar-refractivity contribution in [2.45, 2.75) is 20.0 Å². The summed E-state index contributed by atoms with van der Waals surface area (Å²) in [5.41, 5.74) is -0.797. The molecular formula is C9H10ClNOS. The van der Waals surface area contributed by atoms with Crippen LogP contribution in [-0.2, 0) is 0 Å². The van der Waals surface area contributed by atoms with Gasteiger partial charge >= 0.3 is 0 Å². The van der Waals surface area contributed by atoms with Crippen LogP contribution in [-0.4, -0.2) is 5.11 Å². The summed E-state index contributed by atoms with van der Waals surface area (Å²) in [5, 5.41) is 21.0. The van der Waals surface area contributed by atoms with Crippen molar-refractivity contribution in [2.24, 2.45) is 5.41 Å². The first-order chi connectivity index (χ1) is 5.99. The van der Waals surface area contributed by atoms with Gasteiger partial charge in [-0.05, 0) is 25.3 Å². The molecule has 1 rings (SSSR count). The molecule has 1 aromatic rings. The third kappa shape index (κ3) is 2.02. The second kappa shape index (κ2) is 3.67. The molecule has 0 aliphatic rings. The highest BCUT2D eigenvalue weighted by atomic mass is 35.5. The molecule has 1 N–H and O–H groups in total. The van der Waals surface area contributed by atoms with Gasteiger partial charge in [-0.15, -0.1) is 11.3 Å². The van der Waals surface area contributed by atoms with Crippen molar-refractivity contribution in [1.82, 2.24) is 0 Å². The minimum Gasteiger partial charge on any atom is -0.386 e. The van der Waals surface area contributed by atoms with E-state index in [1.807, 2.05) is 0 Å². The van der Waals surface area contributed by atoms with Crippen molar-refractivity contribution >= 4 is 22.9 Å². The number of halogens is 1. The molecule has 4 heteroatoms. The Morgan fingerprint density at radius 1 is 1.69 bits per heavy atom. The van der Waals surface area contributed by atoms with E-state index in [0.717, 1.165) is 0 Å². The summed E-state index contributed by atoms with van der Waals surface area (Å²) >= 11 is 7.21. The number of rotatable bonds is 2. The number of aliphatic hydroxyl groups is 1. The molecule has 70 valence electrons.